The SMILES string of the molecule is Cc1ccc(-c2cc(C(=O)O[C@@H](C(=O)c3ccccc3)c3ccc([N+](=O)[O-])cc3)c3ccccc3n2)cc1. The maximum atomic E-state index is 13.7. The van der Waals surface area contributed by atoms with Crippen molar-refractivity contribution in [2.45, 2.75) is 13.0 Å². The Kier molecular flexibility index (Phi) is 6.74. The van der Waals surface area contributed by atoms with Gasteiger partial charge in [-0.05, 0) is 31.2 Å². The lowest BCUT2D eigenvalue weighted by Crippen LogP contribution is -2.20. The molecule has 0 spiro atoms. The summed E-state index contributed by atoms with van der Waals surface area (Å²) >= 11 is 0. The van der Waals surface area contributed by atoms with E-state index in [9.17, 15) is 19.7 Å². The van der Waals surface area contributed by atoms with E-state index in [0.717, 1.165) is 11.1 Å². The molecule has 1 atom stereocenters. The first-order chi connectivity index (χ1) is 18.4. The van der Waals surface area contributed by atoms with Gasteiger partial charge in [-0.2, -0.15) is 0 Å². The summed E-state index contributed by atoms with van der Waals surface area (Å²) in [5.41, 5.74) is 3.95. The molecule has 5 rings (SSSR count). The predicted molar refractivity (Wildman–Crippen MR) is 144 cm³/mol. The fourth-order valence-electron chi connectivity index (χ4n) is 4.18. The molecule has 1 heterocycles. The molecule has 38 heavy (non-hydrogen) atoms. The van der Waals surface area contributed by atoms with E-state index in [-0.39, 0.29) is 11.3 Å². The van der Waals surface area contributed by atoms with Crippen LogP contribution in [-0.2, 0) is 4.74 Å². The summed E-state index contributed by atoms with van der Waals surface area (Å²) in [6.07, 6.45) is -1.31. The van der Waals surface area contributed by atoms with Crippen molar-refractivity contribution < 1.29 is 19.2 Å². The highest BCUT2D eigenvalue weighted by atomic mass is 16.6. The first kappa shape index (κ1) is 24.5. The average molecular weight is 503 g/mol. The number of esters is 1. The zero-order valence-corrected chi connectivity index (χ0v) is 20.4. The monoisotopic (exact) mass is 502 g/mol. The number of ether oxygens (including phenoxy) is 1. The third-order valence-electron chi connectivity index (χ3n) is 6.21. The summed E-state index contributed by atoms with van der Waals surface area (Å²) in [7, 11) is 0. The average Bonchev–Trinajstić information content (AvgIpc) is 2.95. The second kappa shape index (κ2) is 10.4. The van der Waals surface area contributed by atoms with Gasteiger partial charge in [-0.3, -0.25) is 14.9 Å². The summed E-state index contributed by atoms with van der Waals surface area (Å²) < 4.78 is 5.87. The molecule has 0 saturated carbocycles. The van der Waals surface area contributed by atoms with Gasteiger partial charge in [0.15, 0.2) is 6.10 Å². The molecule has 0 bridgehead atoms. The second-order valence-electron chi connectivity index (χ2n) is 8.80. The summed E-state index contributed by atoms with van der Waals surface area (Å²) in [4.78, 5) is 42.5. The number of nitrogens with zero attached hydrogens (tertiary/aromatic N) is 2. The van der Waals surface area contributed by atoms with E-state index >= 15 is 0 Å². The number of benzene rings is 4. The fraction of sp³-hybridized carbons (Fsp3) is 0.0645. The summed E-state index contributed by atoms with van der Waals surface area (Å²) in [6.45, 7) is 1.99. The third kappa shape index (κ3) is 5.03. The molecule has 0 radical (unpaired) electrons. The van der Waals surface area contributed by atoms with E-state index in [4.69, 9.17) is 9.72 Å². The van der Waals surface area contributed by atoms with Crippen molar-refractivity contribution in [3.8, 4) is 11.3 Å². The third-order valence-corrected chi connectivity index (χ3v) is 6.21. The van der Waals surface area contributed by atoms with Crippen LogP contribution in [0.4, 0.5) is 5.69 Å². The van der Waals surface area contributed by atoms with Crippen molar-refractivity contribution >= 4 is 28.3 Å². The standard InChI is InChI=1S/C31H22N2O5/c1-20-11-13-21(14-12-20)28-19-26(25-9-5-6-10-27(25)32-28)31(35)38-30(29(34)22-7-3-2-4-8-22)23-15-17-24(18-16-23)33(36)37/h2-19,30H,1H3/t30-/m1/s1. The molecule has 0 saturated heterocycles. The minimum absolute atomic E-state index is 0.131. The van der Waals surface area contributed by atoms with Gasteiger partial charge in [0.05, 0.1) is 21.7 Å². The number of fused-ring (bicyclic) bond motifs is 1. The molecular formula is C31H22N2O5. The smallest absolute Gasteiger partial charge is 0.339 e. The molecule has 186 valence electrons. The molecule has 1 aromatic heterocycles. The Morgan fingerprint density at radius 1 is 0.842 bits per heavy atom. The number of hydrogen-bond donors (Lipinski definition) is 0. The van der Waals surface area contributed by atoms with Crippen LogP contribution in [0.1, 0.15) is 37.9 Å². The van der Waals surface area contributed by atoms with Crippen molar-refractivity contribution in [3.63, 3.8) is 0 Å². The summed E-state index contributed by atoms with van der Waals surface area (Å²) in [5, 5.41) is 11.7. The highest BCUT2D eigenvalue weighted by Crippen LogP contribution is 2.30. The number of carbonyl (C=O) groups excluding carboxylic acids is 2. The van der Waals surface area contributed by atoms with E-state index < -0.39 is 22.8 Å². The van der Waals surface area contributed by atoms with Crippen LogP contribution >= 0.6 is 0 Å². The first-order valence-corrected chi connectivity index (χ1v) is 11.9. The van der Waals surface area contributed by atoms with Crippen LogP contribution in [0.3, 0.4) is 0 Å². The molecule has 0 amide bonds. The lowest BCUT2D eigenvalue weighted by atomic mass is 9.99. The van der Waals surface area contributed by atoms with Crippen molar-refractivity contribution in [1.29, 1.82) is 0 Å². The molecule has 0 N–H and O–H groups in total. The van der Waals surface area contributed by atoms with Crippen molar-refractivity contribution in [1.82, 2.24) is 4.98 Å². The molecule has 0 aliphatic carbocycles. The molecule has 0 fully saturated rings. The van der Waals surface area contributed by atoms with E-state index in [1.54, 1.807) is 48.5 Å². The quantitative estimate of drug-likeness (QED) is 0.104. The van der Waals surface area contributed by atoms with Gasteiger partial charge in [-0.15, -0.1) is 0 Å². The molecular weight excluding hydrogens is 480 g/mol. The number of para-hydroxylation sites is 1. The van der Waals surface area contributed by atoms with Gasteiger partial charge >= 0.3 is 5.97 Å². The van der Waals surface area contributed by atoms with Crippen molar-refractivity contribution in [3.05, 3.63) is 142 Å². The number of Topliss-reactive ketones (excluding diaryl/α,β-unsaturated/α-hetero) is 1. The van der Waals surface area contributed by atoms with E-state index in [1.165, 1.54) is 24.3 Å². The Balaban J connectivity index is 1.57. The number of ketones is 1. The molecule has 5 aromatic rings. The number of nitro benzene ring substituents is 1. The Hall–Kier alpha value is -5.17. The van der Waals surface area contributed by atoms with Crippen LogP contribution in [0.25, 0.3) is 22.2 Å². The number of rotatable bonds is 7. The Morgan fingerprint density at radius 3 is 2.18 bits per heavy atom. The number of aryl methyl sites for hydroxylation is 1. The van der Waals surface area contributed by atoms with E-state index in [2.05, 4.69) is 0 Å². The number of carbonyl (C=O) groups is 2. The maximum Gasteiger partial charge on any atom is 0.339 e. The van der Waals surface area contributed by atoms with Crippen LogP contribution in [0.15, 0.2) is 109 Å². The zero-order chi connectivity index (χ0) is 26.6. The number of pyridine rings is 1. The number of nitro groups is 1. The second-order valence-corrected chi connectivity index (χ2v) is 8.80. The van der Waals surface area contributed by atoms with Crippen molar-refractivity contribution in [2.75, 3.05) is 0 Å². The van der Waals surface area contributed by atoms with Crippen molar-refractivity contribution in [2.24, 2.45) is 0 Å². The number of non-ortho nitro benzene ring substituents is 1. The summed E-state index contributed by atoms with van der Waals surface area (Å²) in [6, 6.07) is 30.6. The van der Waals surface area contributed by atoms with Crippen LogP contribution in [0, 0.1) is 17.0 Å². The van der Waals surface area contributed by atoms with Gasteiger partial charge in [0.1, 0.15) is 0 Å². The molecule has 7 heteroatoms. The minimum atomic E-state index is -1.31. The number of hydrogen-bond acceptors (Lipinski definition) is 6. The fourth-order valence-corrected chi connectivity index (χ4v) is 4.18. The van der Waals surface area contributed by atoms with Gasteiger partial charge in [0.25, 0.3) is 5.69 Å². The highest BCUT2D eigenvalue weighted by molar-refractivity contribution is 6.07. The Morgan fingerprint density at radius 2 is 1.50 bits per heavy atom. The zero-order valence-electron chi connectivity index (χ0n) is 20.4. The molecule has 0 unspecified atom stereocenters. The topological polar surface area (TPSA) is 99.4 Å². The lowest BCUT2D eigenvalue weighted by Gasteiger charge is -2.18. The Labute approximate surface area is 218 Å². The minimum Gasteiger partial charge on any atom is -0.445 e. The lowest BCUT2D eigenvalue weighted by molar-refractivity contribution is -0.384. The van der Waals surface area contributed by atoms with Gasteiger partial charge in [-0.25, -0.2) is 9.78 Å². The van der Waals surface area contributed by atoms with Gasteiger partial charge in [-0.1, -0.05) is 78.4 Å². The molecule has 4 aromatic carbocycles. The summed E-state index contributed by atoms with van der Waals surface area (Å²) in [5.74, 6) is -1.14. The molecule has 0 aliphatic rings. The number of aromatic nitrogens is 1. The largest absolute Gasteiger partial charge is 0.445 e. The molecule has 0 aliphatic heterocycles. The van der Waals surface area contributed by atoms with Gasteiger partial charge in [0, 0.05) is 34.2 Å². The van der Waals surface area contributed by atoms with Crippen LogP contribution < -0.4 is 0 Å². The molecule has 7 nitrogen and oxygen atoms in total. The highest BCUT2D eigenvalue weighted by Gasteiger charge is 2.28. The van der Waals surface area contributed by atoms with Crippen LogP contribution in [0.2, 0.25) is 0 Å². The maximum absolute atomic E-state index is 13.7. The predicted octanol–water partition coefficient (Wildman–Crippen LogP) is 6.90. The van der Waals surface area contributed by atoms with E-state index in [0.29, 0.717) is 27.7 Å². The van der Waals surface area contributed by atoms with Crippen LogP contribution in [0.5, 0.6) is 0 Å². The van der Waals surface area contributed by atoms with Crippen LogP contribution in [-0.4, -0.2) is 21.7 Å². The van der Waals surface area contributed by atoms with Gasteiger partial charge in [0.2, 0.25) is 5.78 Å². The van der Waals surface area contributed by atoms with Gasteiger partial charge < -0.3 is 4.74 Å². The normalized spacial score (nSPS) is 11.6. The van der Waals surface area contributed by atoms with E-state index in [1.807, 2.05) is 43.3 Å². The Bertz CT molecular complexity index is 1650. The first-order valence-electron chi connectivity index (χ1n) is 11.9.